The SMILES string of the molecule is CCC(C)c1ccc(-n2c(SCc3cn4cccnc4n3)nc3ccccc3c2=O)cc1. The van der Waals surface area contributed by atoms with E-state index >= 15 is 0 Å². The van der Waals surface area contributed by atoms with Crippen molar-refractivity contribution in [1.29, 1.82) is 0 Å². The lowest BCUT2D eigenvalue weighted by molar-refractivity contribution is 0.732. The first-order chi connectivity index (χ1) is 15.6. The van der Waals surface area contributed by atoms with E-state index in [9.17, 15) is 4.79 Å². The Morgan fingerprint density at radius 3 is 2.62 bits per heavy atom. The van der Waals surface area contributed by atoms with Crippen molar-refractivity contribution < 1.29 is 0 Å². The van der Waals surface area contributed by atoms with Gasteiger partial charge in [-0.2, -0.15) is 0 Å². The minimum Gasteiger partial charge on any atom is -0.291 e. The van der Waals surface area contributed by atoms with Crippen molar-refractivity contribution in [3.63, 3.8) is 0 Å². The highest BCUT2D eigenvalue weighted by atomic mass is 32.2. The van der Waals surface area contributed by atoms with Crippen LogP contribution >= 0.6 is 11.8 Å². The maximum absolute atomic E-state index is 13.5. The van der Waals surface area contributed by atoms with Crippen molar-refractivity contribution in [1.82, 2.24) is 23.9 Å². The highest BCUT2D eigenvalue weighted by Gasteiger charge is 2.15. The van der Waals surface area contributed by atoms with Gasteiger partial charge in [0.25, 0.3) is 5.56 Å². The van der Waals surface area contributed by atoms with Crippen molar-refractivity contribution in [3.8, 4) is 5.69 Å². The van der Waals surface area contributed by atoms with E-state index < -0.39 is 0 Å². The smallest absolute Gasteiger partial charge is 0.266 e. The van der Waals surface area contributed by atoms with Gasteiger partial charge in [-0.15, -0.1) is 0 Å². The summed E-state index contributed by atoms with van der Waals surface area (Å²) >= 11 is 1.50. The van der Waals surface area contributed by atoms with E-state index in [4.69, 9.17) is 4.98 Å². The third-order valence-corrected chi connectivity index (χ3v) is 6.68. The van der Waals surface area contributed by atoms with Gasteiger partial charge in [0, 0.05) is 24.3 Å². The molecule has 0 amide bonds. The molecule has 1 unspecified atom stereocenters. The van der Waals surface area contributed by atoms with Crippen molar-refractivity contribution in [3.05, 3.63) is 94.8 Å². The number of benzene rings is 2. The maximum Gasteiger partial charge on any atom is 0.266 e. The Bertz CT molecular complexity index is 1420. The average molecular weight is 442 g/mol. The van der Waals surface area contributed by atoms with Gasteiger partial charge in [-0.05, 0) is 48.2 Å². The summed E-state index contributed by atoms with van der Waals surface area (Å²) in [5.74, 6) is 1.72. The normalized spacial score (nSPS) is 12.4. The molecule has 0 bridgehead atoms. The summed E-state index contributed by atoms with van der Waals surface area (Å²) in [6.07, 6.45) is 6.68. The van der Waals surface area contributed by atoms with Crippen LogP contribution in [0, 0.1) is 0 Å². The molecule has 0 aliphatic carbocycles. The second kappa shape index (κ2) is 8.59. The molecule has 1 atom stereocenters. The molecular weight excluding hydrogens is 418 g/mol. The summed E-state index contributed by atoms with van der Waals surface area (Å²) in [7, 11) is 0. The van der Waals surface area contributed by atoms with E-state index in [1.807, 2.05) is 59.3 Å². The Morgan fingerprint density at radius 1 is 1.03 bits per heavy atom. The van der Waals surface area contributed by atoms with Gasteiger partial charge in [0.2, 0.25) is 5.78 Å². The zero-order valence-electron chi connectivity index (χ0n) is 18.0. The lowest BCUT2D eigenvalue weighted by atomic mass is 9.98. The molecule has 0 N–H and O–H groups in total. The van der Waals surface area contributed by atoms with E-state index in [0.717, 1.165) is 17.8 Å². The number of nitrogens with zero attached hydrogens (tertiary/aromatic N) is 5. The third kappa shape index (κ3) is 3.80. The number of fused-ring (bicyclic) bond motifs is 2. The number of imidazole rings is 1. The van der Waals surface area contributed by atoms with Gasteiger partial charge in [0.05, 0.1) is 22.3 Å². The fourth-order valence-electron chi connectivity index (χ4n) is 3.71. The van der Waals surface area contributed by atoms with Gasteiger partial charge in [0.15, 0.2) is 5.16 Å². The lowest BCUT2D eigenvalue weighted by Gasteiger charge is -2.14. The first kappa shape index (κ1) is 20.5. The predicted molar refractivity (Wildman–Crippen MR) is 129 cm³/mol. The van der Waals surface area contributed by atoms with E-state index in [0.29, 0.717) is 33.5 Å². The Kier molecular flexibility index (Phi) is 5.49. The van der Waals surface area contributed by atoms with E-state index in [-0.39, 0.29) is 5.56 Å². The van der Waals surface area contributed by atoms with Crippen molar-refractivity contribution in [2.75, 3.05) is 0 Å². The number of thioether (sulfide) groups is 1. The highest BCUT2D eigenvalue weighted by molar-refractivity contribution is 7.98. The van der Waals surface area contributed by atoms with Gasteiger partial charge in [0.1, 0.15) is 0 Å². The molecular formula is C25H23N5OS. The van der Waals surface area contributed by atoms with Crippen LogP contribution in [0.4, 0.5) is 0 Å². The molecule has 5 rings (SSSR count). The number of rotatable bonds is 6. The molecule has 7 heteroatoms. The summed E-state index contributed by atoms with van der Waals surface area (Å²) < 4.78 is 3.60. The topological polar surface area (TPSA) is 65.1 Å². The monoisotopic (exact) mass is 441 g/mol. The summed E-state index contributed by atoms with van der Waals surface area (Å²) in [6, 6.07) is 17.6. The quantitative estimate of drug-likeness (QED) is 0.266. The number of hydrogen-bond donors (Lipinski definition) is 0. The first-order valence-electron chi connectivity index (χ1n) is 10.7. The molecule has 3 heterocycles. The standard InChI is InChI=1S/C25H23N5OS/c1-3-17(2)18-9-11-20(12-10-18)30-23(31)21-7-4-5-8-22(21)28-25(30)32-16-19-15-29-14-6-13-26-24(29)27-19/h4-15,17H,3,16H2,1-2H3. The van der Waals surface area contributed by atoms with E-state index in [1.54, 1.807) is 10.8 Å². The van der Waals surface area contributed by atoms with Gasteiger partial charge < -0.3 is 0 Å². The Morgan fingerprint density at radius 2 is 1.84 bits per heavy atom. The van der Waals surface area contributed by atoms with Crippen LogP contribution in [0.2, 0.25) is 0 Å². The molecule has 0 radical (unpaired) electrons. The minimum atomic E-state index is -0.0638. The number of hydrogen-bond acceptors (Lipinski definition) is 5. The lowest BCUT2D eigenvalue weighted by Crippen LogP contribution is -2.21. The van der Waals surface area contributed by atoms with Crippen molar-refractivity contribution in [2.24, 2.45) is 0 Å². The van der Waals surface area contributed by atoms with E-state index in [1.165, 1.54) is 17.3 Å². The highest BCUT2D eigenvalue weighted by Crippen LogP contribution is 2.26. The van der Waals surface area contributed by atoms with Gasteiger partial charge in [-0.25, -0.2) is 15.0 Å². The minimum absolute atomic E-state index is 0.0638. The molecule has 0 aliphatic rings. The molecule has 0 fully saturated rings. The van der Waals surface area contributed by atoms with Crippen LogP contribution in [0.5, 0.6) is 0 Å². The van der Waals surface area contributed by atoms with Crippen LogP contribution in [0.1, 0.15) is 37.4 Å². The van der Waals surface area contributed by atoms with Gasteiger partial charge in [-0.1, -0.05) is 49.9 Å². The molecule has 0 aliphatic heterocycles. The summed E-state index contributed by atoms with van der Waals surface area (Å²) in [5.41, 5.74) is 3.61. The molecule has 3 aromatic heterocycles. The fraction of sp³-hybridized carbons (Fsp3) is 0.200. The second-order valence-corrected chi connectivity index (χ2v) is 8.74. The van der Waals surface area contributed by atoms with Crippen LogP contribution < -0.4 is 5.56 Å². The molecule has 32 heavy (non-hydrogen) atoms. The van der Waals surface area contributed by atoms with Gasteiger partial charge >= 0.3 is 0 Å². The molecule has 2 aromatic carbocycles. The van der Waals surface area contributed by atoms with E-state index in [2.05, 4.69) is 35.9 Å². The maximum atomic E-state index is 13.5. The summed E-state index contributed by atoms with van der Waals surface area (Å²) in [4.78, 5) is 27.1. The Hall–Kier alpha value is -3.45. The van der Waals surface area contributed by atoms with Crippen molar-refractivity contribution in [2.45, 2.75) is 37.1 Å². The number of aromatic nitrogens is 5. The summed E-state index contributed by atoms with van der Waals surface area (Å²) in [6.45, 7) is 4.39. The molecule has 0 saturated heterocycles. The Labute approximate surface area is 190 Å². The fourth-order valence-corrected chi connectivity index (χ4v) is 4.61. The Balaban J connectivity index is 1.56. The molecule has 0 saturated carbocycles. The van der Waals surface area contributed by atoms with Crippen LogP contribution in [-0.2, 0) is 5.75 Å². The molecule has 160 valence electrons. The predicted octanol–water partition coefficient (Wildman–Crippen LogP) is 5.23. The van der Waals surface area contributed by atoms with Crippen LogP contribution in [0.15, 0.2) is 83.1 Å². The second-order valence-electron chi connectivity index (χ2n) is 7.80. The van der Waals surface area contributed by atoms with Crippen LogP contribution in [0.3, 0.4) is 0 Å². The molecule has 0 spiro atoms. The molecule has 6 nitrogen and oxygen atoms in total. The largest absolute Gasteiger partial charge is 0.291 e. The van der Waals surface area contributed by atoms with Crippen LogP contribution in [-0.4, -0.2) is 23.9 Å². The zero-order chi connectivity index (χ0) is 22.1. The first-order valence-corrected chi connectivity index (χ1v) is 11.7. The van der Waals surface area contributed by atoms with Crippen molar-refractivity contribution >= 4 is 28.4 Å². The van der Waals surface area contributed by atoms with Crippen LogP contribution in [0.25, 0.3) is 22.4 Å². The molecule has 5 aromatic rings. The average Bonchev–Trinajstić information content (AvgIpc) is 3.26. The summed E-state index contributed by atoms with van der Waals surface area (Å²) in [5, 5.41) is 1.26. The third-order valence-electron chi connectivity index (χ3n) is 5.71. The zero-order valence-corrected chi connectivity index (χ0v) is 18.8. The number of para-hydroxylation sites is 1. The van der Waals surface area contributed by atoms with Gasteiger partial charge in [-0.3, -0.25) is 13.8 Å².